The van der Waals surface area contributed by atoms with Gasteiger partial charge in [-0.15, -0.1) is 0 Å². The summed E-state index contributed by atoms with van der Waals surface area (Å²) in [6.45, 7) is 0. The van der Waals surface area contributed by atoms with Crippen LogP contribution in [0.4, 0.5) is 0 Å². The average Bonchev–Trinajstić information content (AvgIpc) is 4.11. The fourth-order valence-corrected chi connectivity index (χ4v) is 10.4. The highest BCUT2D eigenvalue weighted by atomic mass is 79.9. The van der Waals surface area contributed by atoms with Crippen LogP contribution in [0.25, 0.3) is 122 Å². The second-order valence-corrected chi connectivity index (χ2v) is 17.1. The van der Waals surface area contributed by atoms with Crippen molar-refractivity contribution in [2.45, 2.75) is 0 Å². The van der Waals surface area contributed by atoms with Crippen molar-refractivity contribution < 1.29 is 8.83 Å². The third-order valence-electron chi connectivity index (χ3n) is 12.1. The Morgan fingerprint density at radius 3 is 1.78 bits per heavy atom. The van der Waals surface area contributed by atoms with E-state index in [-0.39, 0.29) is 0 Å². The molecule has 0 unspecified atom stereocenters. The molecule has 8 nitrogen and oxygen atoms in total. The van der Waals surface area contributed by atoms with E-state index in [1.54, 1.807) is 0 Å². The fourth-order valence-electron chi connectivity index (χ4n) is 9.54. The Kier molecular flexibility index (Phi) is 6.42. The van der Waals surface area contributed by atoms with E-state index in [0.717, 1.165) is 131 Å². The molecule has 0 saturated heterocycles. The Bertz CT molecular complexity index is 4180. The number of imidazole rings is 4. The lowest BCUT2D eigenvalue weighted by molar-refractivity contribution is 0.668. The number of hydrogen-bond acceptors (Lipinski definition) is 4. The van der Waals surface area contributed by atoms with Gasteiger partial charge < -0.3 is 8.83 Å². The highest BCUT2D eigenvalue weighted by Crippen LogP contribution is 2.41. The first-order valence-corrected chi connectivity index (χ1v) is 21.2. The van der Waals surface area contributed by atoms with Gasteiger partial charge in [0, 0.05) is 36.1 Å². The first kappa shape index (κ1) is 32.8. The van der Waals surface area contributed by atoms with Gasteiger partial charge in [0.2, 0.25) is 11.6 Å². The van der Waals surface area contributed by atoms with E-state index in [0.29, 0.717) is 0 Å². The maximum atomic E-state index is 6.65. The van der Waals surface area contributed by atoms with Crippen LogP contribution in [-0.4, -0.2) is 27.9 Å². The van der Waals surface area contributed by atoms with Crippen molar-refractivity contribution in [3.8, 4) is 22.5 Å². The number of halogens is 2. The van der Waals surface area contributed by atoms with Crippen LogP contribution in [0.1, 0.15) is 0 Å². The lowest BCUT2D eigenvalue weighted by atomic mass is 10.0. The van der Waals surface area contributed by atoms with Crippen LogP contribution >= 0.6 is 31.9 Å². The van der Waals surface area contributed by atoms with Gasteiger partial charge in [-0.3, -0.25) is 17.9 Å². The van der Waals surface area contributed by atoms with Crippen molar-refractivity contribution in [3.63, 3.8) is 0 Å². The van der Waals surface area contributed by atoms with Crippen molar-refractivity contribution in [2.75, 3.05) is 0 Å². The topological polar surface area (TPSA) is 70.7 Å². The number of para-hydroxylation sites is 6. The molecule has 10 heteroatoms. The highest BCUT2D eigenvalue weighted by molar-refractivity contribution is 9.11. The molecule has 0 radical (unpaired) electrons. The van der Waals surface area contributed by atoms with Gasteiger partial charge in [0.1, 0.15) is 27.8 Å². The molecule has 14 rings (SSSR count). The van der Waals surface area contributed by atoms with E-state index < -0.39 is 0 Å². The number of fused-ring (bicyclic) bond motifs is 16. The van der Waals surface area contributed by atoms with Crippen LogP contribution < -0.4 is 0 Å². The van der Waals surface area contributed by atoms with Gasteiger partial charge in [0.15, 0.2) is 0 Å². The summed E-state index contributed by atoms with van der Waals surface area (Å²) in [5.74, 6) is 1.69. The summed E-state index contributed by atoms with van der Waals surface area (Å²) in [5, 5.41) is 4.25. The molecule has 6 heterocycles. The molecule has 0 fully saturated rings. The van der Waals surface area contributed by atoms with Gasteiger partial charge in [-0.25, -0.2) is 9.97 Å². The monoisotopic (exact) mass is 900 g/mol. The smallest absolute Gasteiger partial charge is 0.220 e. The van der Waals surface area contributed by atoms with Crippen LogP contribution in [0.15, 0.2) is 176 Å². The third-order valence-corrected chi connectivity index (χ3v) is 13.2. The number of hydrogen-bond donors (Lipinski definition) is 0. The normalized spacial score (nSPS) is 12.5. The second kappa shape index (κ2) is 11.7. The second-order valence-electron chi connectivity index (χ2n) is 15.3. The number of rotatable bonds is 3. The van der Waals surface area contributed by atoms with Crippen molar-refractivity contribution in [2.24, 2.45) is 0 Å². The largest absolute Gasteiger partial charge is 0.456 e. The molecule has 0 spiro atoms. The summed E-state index contributed by atoms with van der Waals surface area (Å²) in [7, 11) is 0. The van der Waals surface area contributed by atoms with E-state index in [9.17, 15) is 0 Å². The Morgan fingerprint density at radius 1 is 0.433 bits per heavy atom. The first-order chi connectivity index (χ1) is 29.6. The molecular weight excluding hydrogens is 876 g/mol. The molecule has 8 aromatic carbocycles. The molecule has 0 aliphatic carbocycles. The van der Waals surface area contributed by atoms with Gasteiger partial charge in [-0.05, 0) is 125 Å². The standard InChI is InChI=1S/C50H26Br2N6O2/c51-28-23-33(48-37(24-28)53-49-55(39-11-3-5-13-41(39)58(48)49)29-17-20-44-34(25-29)31-8-1-6-15-43(31)59-44)27-16-19-32-35-26-30(18-21-45(35)60-46(32)22-27)56-38-10-2-4-12-40(38)57-42-14-7-9-36(52)47(42)54-50(56)57/h1-26H. The number of nitrogens with zero attached hydrogens (tertiary/aromatic N) is 6. The van der Waals surface area contributed by atoms with Crippen LogP contribution in [0.2, 0.25) is 0 Å². The Labute approximate surface area is 355 Å². The van der Waals surface area contributed by atoms with E-state index in [4.69, 9.17) is 18.8 Å². The van der Waals surface area contributed by atoms with E-state index >= 15 is 0 Å². The van der Waals surface area contributed by atoms with Gasteiger partial charge >= 0.3 is 0 Å². The van der Waals surface area contributed by atoms with Gasteiger partial charge in [-0.1, -0.05) is 70.5 Å². The average molecular weight is 903 g/mol. The molecule has 14 aromatic rings. The van der Waals surface area contributed by atoms with Crippen LogP contribution in [0, 0.1) is 0 Å². The zero-order valence-electron chi connectivity index (χ0n) is 31.3. The van der Waals surface area contributed by atoms with Crippen molar-refractivity contribution in [1.82, 2.24) is 27.9 Å². The van der Waals surface area contributed by atoms with Crippen molar-refractivity contribution >= 4 is 131 Å². The molecule has 60 heavy (non-hydrogen) atoms. The summed E-state index contributed by atoms with van der Waals surface area (Å²) in [6.07, 6.45) is 0. The number of furan rings is 2. The Morgan fingerprint density at radius 2 is 1.03 bits per heavy atom. The van der Waals surface area contributed by atoms with E-state index in [1.807, 2.05) is 18.2 Å². The van der Waals surface area contributed by atoms with Crippen molar-refractivity contribution in [1.29, 1.82) is 0 Å². The SMILES string of the molecule is Brc1cc(-c2ccc3c(c2)oc2ccc(-n4c5ccccc5n5c6cccc(Br)c6nc45)cc23)c2c(c1)nc1n(-c3ccc4oc5ccccc5c4c3)c3ccccc3n21. The lowest BCUT2D eigenvalue weighted by Crippen LogP contribution is -1.94. The quantitative estimate of drug-likeness (QED) is 0.177. The summed E-state index contributed by atoms with van der Waals surface area (Å²) in [6, 6.07) is 55.0. The predicted octanol–water partition coefficient (Wildman–Crippen LogP) is 14.2. The molecule has 0 aliphatic heterocycles. The summed E-state index contributed by atoms with van der Waals surface area (Å²) in [4.78, 5) is 10.5. The predicted molar refractivity (Wildman–Crippen MR) is 248 cm³/mol. The van der Waals surface area contributed by atoms with Crippen LogP contribution in [0.3, 0.4) is 0 Å². The van der Waals surface area contributed by atoms with E-state index in [2.05, 4.69) is 189 Å². The Balaban J connectivity index is 0.961. The zero-order valence-corrected chi connectivity index (χ0v) is 34.4. The minimum absolute atomic E-state index is 0.814. The van der Waals surface area contributed by atoms with Gasteiger partial charge in [-0.2, -0.15) is 0 Å². The first-order valence-electron chi connectivity index (χ1n) is 19.6. The summed E-state index contributed by atoms with van der Waals surface area (Å²) in [5.41, 5.74) is 15.7. The molecule has 0 saturated carbocycles. The van der Waals surface area contributed by atoms with Crippen LogP contribution in [0.5, 0.6) is 0 Å². The molecule has 0 aliphatic rings. The summed E-state index contributed by atoms with van der Waals surface area (Å²) >= 11 is 7.57. The molecule has 282 valence electrons. The van der Waals surface area contributed by atoms with E-state index in [1.165, 1.54) is 0 Å². The molecular formula is C50H26Br2N6O2. The minimum Gasteiger partial charge on any atom is -0.456 e. The molecule has 0 N–H and O–H groups in total. The lowest BCUT2D eigenvalue weighted by Gasteiger charge is -2.07. The molecule has 6 aromatic heterocycles. The molecule has 0 atom stereocenters. The minimum atomic E-state index is 0.814. The zero-order chi connectivity index (χ0) is 39.4. The maximum absolute atomic E-state index is 6.65. The van der Waals surface area contributed by atoms with Crippen molar-refractivity contribution in [3.05, 3.63) is 167 Å². The Hall–Kier alpha value is -7.14. The van der Waals surface area contributed by atoms with Gasteiger partial charge in [0.05, 0.1) is 50.0 Å². The fraction of sp³-hybridized carbons (Fsp3) is 0. The maximum Gasteiger partial charge on any atom is 0.220 e. The third kappa shape index (κ3) is 4.33. The van der Waals surface area contributed by atoms with Crippen LogP contribution in [-0.2, 0) is 0 Å². The number of aromatic nitrogens is 6. The van der Waals surface area contributed by atoms with Gasteiger partial charge in [0.25, 0.3) is 0 Å². The highest BCUT2D eigenvalue weighted by Gasteiger charge is 2.23. The summed E-state index contributed by atoms with van der Waals surface area (Å²) < 4.78 is 23.8. The number of benzene rings is 8. The molecule has 0 amide bonds. The molecule has 0 bridgehead atoms.